The summed E-state index contributed by atoms with van der Waals surface area (Å²) in [4.78, 5) is 8.62. The van der Waals surface area contributed by atoms with Gasteiger partial charge in [-0.05, 0) is 36.8 Å². The smallest absolute Gasteiger partial charge is 0.240 e. The van der Waals surface area contributed by atoms with Crippen molar-refractivity contribution in [1.82, 2.24) is 14.5 Å². The standard InChI is InChI=1S/C15H15N3O2/c1-10-8-11(4-5-13(10)19-2)18-9-17-12-6-7-16-15(20-3)14(12)18/h4-9H,1-3H3. The second-order valence-corrected chi connectivity index (χ2v) is 4.46. The Hall–Kier alpha value is -2.56. The van der Waals surface area contributed by atoms with Crippen LogP contribution in [-0.4, -0.2) is 28.8 Å². The molecule has 0 unspecified atom stereocenters. The number of hydrogen-bond donors (Lipinski definition) is 0. The molecular weight excluding hydrogens is 254 g/mol. The molecule has 20 heavy (non-hydrogen) atoms. The summed E-state index contributed by atoms with van der Waals surface area (Å²) in [5.74, 6) is 1.43. The number of hydrogen-bond acceptors (Lipinski definition) is 4. The molecule has 5 heteroatoms. The molecule has 102 valence electrons. The van der Waals surface area contributed by atoms with E-state index in [1.807, 2.05) is 35.8 Å². The fraction of sp³-hybridized carbons (Fsp3) is 0.200. The number of pyridine rings is 1. The van der Waals surface area contributed by atoms with E-state index in [9.17, 15) is 0 Å². The Morgan fingerprint density at radius 2 is 1.90 bits per heavy atom. The maximum absolute atomic E-state index is 5.33. The van der Waals surface area contributed by atoms with E-state index in [0.29, 0.717) is 5.88 Å². The van der Waals surface area contributed by atoms with Gasteiger partial charge in [0.25, 0.3) is 0 Å². The van der Waals surface area contributed by atoms with Crippen LogP contribution in [0.25, 0.3) is 16.7 Å². The van der Waals surface area contributed by atoms with Crippen LogP contribution in [0.4, 0.5) is 0 Å². The van der Waals surface area contributed by atoms with E-state index in [1.54, 1.807) is 26.7 Å². The number of nitrogens with zero attached hydrogens (tertiary/aromatic N) is 3. The molecule has 1 aromatic carbocycles. The number of rotatable bonds is 3. The van der Waals surface area contributed by atoms with Crippen molar-refractivity contribution in [3.05, 3.63) is 42.4 Å². The van der Waals surface area contributed by atoms with Crippen LogP contribution < -0.4 is 9.47 Å². The molecule has 0 atom stereocenters. The van der Waals surface area contributed by atoms with Crippen molar-refractivity contribution in [1.29, 1.82) is 0 Å². The molecule has 0 amide bonds. The normalized spacial score (nSPS) is 10.8. The summed E-state index contributed by atoms with van der Waals surface area (Å²) in [6.07, 6.45) is 3.47. The van der Waals surface area contributed by atoms with Gasteiger partial charge in [0.15, 0.2) is 0 Å². The molecule has 0 saturated carbocycles. The zero-order valence-electron chi connectivity index (χ0n) is 11.6. The highest BCUT2D eigenvalue weighted by molar-refractivity contribution is 5.82. The monoisotopic (exact) mass is 269 g/mol. The predicted octanol–water partition coefficient (Wildman–Crippen LogP) is 2.75. The highest BCUT2D eigenvalue weighted by Crippen LogP contribution is 2.27. The molecule has 0 bridgehead atoms. The summed E-state index contributed by atoms with van der Waals surface area (Å²) in [6, 6.07) is 7.84. The van der Waals surface area contributed by atoms with E-state index in [1.165, 1.54) is 0 Å². The highest BCUT2D eigenvalue weighted by Gasteiger charge is 2.11. The van der Waals surface area contributed by atoms with Crippen molar-refractivity contribution in [2.24, 2.45) is 0 Å². The van der Waals surface area contributed by atoms with E-state index < -0.39 is 0 Å². The SMILES string of the molecule is COc1ccc(-n2cnc3ccnc(OC)c32)cc1C. The van der Waals surface area contributed by atoms with Crippen molar-refractivity contribution < 1.29 is 9.47 Å². The van der Waals surface area contributed by atoms with Gasteiger partial charge in [-0.3, -0.25) is 4.57 Å². The Morgan fingerprint density at radius 1 is 1.05 bits per heavy atom. The summed E-state index contributed by atoms with van der Waals surface area (Å²) in [6.45, 7) is 2.01. The third kappa shape index (κ3) is 1.87. The fourth-order valence-electron chi connectivity index (χ4n) is 2.29. The minimum Gasteiger partial charge on any atom is -0.496 e. The van der Waals surface area contributed by atoms with Gasteiger partial charge in [0.1, 0.15) is 17.6 Å². The molecule has 0 N–H and O–H groups in total. The number of aryl methyl sites for hydroxylation is 1. The lowest BCUT2D eigenvalue weighted by atomic mass is 10.2. The summed E-state index contributed by atoms with van der Waals surface area (Å²) >= 11 is 0. The first-order valence-electron chi connectivity index (χ1n) is 6.25. The van der Waals surface area contributed by atoms with Crippen molar-refractivity contribution in [3.8, 4) is 17.3 Å². The maximum atomic E-state index is 5.33. The minimum absolute atomic E-state index is 0.563. The quantitative estimate of drug-likeness (QED) is 0.733. The molecule has 0 spiro atoms. The maximum Gasteiger partial charge on any atom is 0.240 e. The minimum atomic E-state index is 0.563. The van der Waals surface area contributed by atoms with Crippen LogP contribution in [0, 0.1) is 6.92 Å². The van der Waals surface area contributed by atoms with Gasteiger partial charge in [0, 0.05) is 11.9 Å². The molecule has 2 aromatic heterocycles. The van der Waals surface area contributed by atoms with E-state index in [4.69, 9.17) is 9.47 Å². The number of fused-ring (bicyclic) bond motifs is 1. The van der Waals surface area contributed by atoms with Crippen LogP contribution in [0.2, 0.25) is 0 Å². The molecule has 0 aliphatic rings. The molecule has 3 aromatic rings. The Balaban J connectivity index is 2.22. The molecule has 3 rings (SSSR count). The number of benzene rings is 1. The first kappa shape index (κ1) is 12.5. The molecule has 0 radical (unpaired) electrons. The fourth-order valence-corrected chi connectivity index (χ4v) is 2.29. The Kier molecular flexibility index (Phi) is 3.02. The summed E-state index contributed by atoms with van der Waals surface area (Å²) < 4.78 is 12.6. The topological polar surface area (TPSA) is 49.2 Å². The summed E-state index contributed by atoms with van der Waals surface area (Å²) in [5.41, 5.74) is 3.77. The van der Waals surface area contributed by atoms with E-state index in [-0.39, 0.29) is 0 Å². The van der Waals surface area contributed by atoms with Gasteiger partial charge in [0.2, 0.25) is 5.88 Å². The zero-order valence-corrected chi connectivity index (χ0v) is 11.6. The number of imidazole rings is 1. The van der Waals surface area contributed by atoms with Crippen molar-refractivity contribution >= 4 is 11.0 Å². The molecule has 0 aliphatic carbocycles. The van der Waals surface area contributed by atoms with Gasteiger partial charge in [-0.15, -0.1) is 0 Å². The molecule has 0 saturated heterocycles. The van der Waals surface area contributed by atoms with Gasteiger partial charge in [0.05, 0.1) is 19.7 Å². The van der Waals surface area contributed by atoms with Crippen LogP contribution in [0.5, 0.6) is 11.6 Å². The largest absolute Gasteiger partial charge is 0.496 e. The first-order chi connectivity index (χ1) is 9.74. The molecule has 2 heterocycles. The van der Waals surface area contributed by atoms with Gasteiger partial charge >= 0.3 is 0 Å². The number of ether oxygens (including phenoxy) is 2. The first-order valence-corrected chi connectivity index (χ1v) is 6.25. The number of methoxy groups -OCH3 is 2. The Morgan fingerprint density at radius 3 is 2.60 bits per heavy atom. The molecule has 0 fully saturated rings. The van der Waals surface area contributed by atoms with Crippen LogP contribution >= 0.6 is 0 Å². The van der Waals surface area contributed by atoms with Gasteiger partial charge in [-0.25, -0.2) is 9.97 Å². The second kappa shape index (κ2) is 4.85. The summed E-state index contributed by atoms with van der Waals surface area (Å²) in [7, 11) is 3.28. The molecule has 5 nitrogen and oxygen atoms in total. The van der Waals surface area contributed by atoms with Crippen LogP contribution in [0.15, 0.2) is 36.8 Å². The molecular formula is C15H15N3O2. The lowest BCUT2D eigenvalue weighted by Gasteiger charge is -2.10. The van der Waals surface area contributed by atoms with E-state index in [2.05, 4.69) is 9.97 Å². The van der Waals surface area contributed by atoms with Crippen LogP contribution in [0.3, 0.4) is 0 Å². The predicted molar refractivity (Wildman–Crippen MR) is 76.7 cm³/mol. The van der Waals surface area contributed by atoms with E-state index >= 15 is 0 Å². The van der Waals surface area contributed by atoms with Crippen LogP contribution in [0.1, 0.15) is 5.56 Å². The van der Waals surface area contributed by atoms with E-state index in [0.717, 1.165) is 28.0 Å². The third-order valence-corrected chi connectivity index (χ3v) is 3.27. The van der Waals surface area contributed by atoms with Crippen molar-refractivity contribution in [2.75, 3.05) is 14.2 Å². The van der Waals surface area contributed by atoms with Crippen molar-refractivity contribution in [3.63, 3.8) is 0 Å². The van der Waals surface area contributed by atoms with Crippen LogP contribution in [-0.2, 0) is 0 Å². The van der Waals surface area contributed by atoms with Gasteiger partial charge in [-0.2, -0.15) is 0 Å². The van der Waals surface area contributed by atoms with Crippen molar-refractivity contribution in [2.45, 2.75) is 6.92 Å². The lowest BCUT2D eigenvalue weighted by Crippen LogP contribution is -1.97. The average Bonchev–Trinajstić information content (AvgIpc) is 2.91. The number of aromatic nitrogens is 3. The average molecular weight is 269 g/mol. The third-order valence-electron chi connectivity index (χ3n) is 3.27. The van der Waals surface area contributed by atoms with Gasteiger partial charge in [-0.1, -0.05) is 0 Å². The Bertz CT molecular complexity index is 765. The van der Waals surface area contributed by atoms with Gasteiger partial charge < -0.3 is 9.47 Å². The summed E-state index contributed by atoms with van der Waals surface area (Å²) in [5, 5.41) is 0. The second-order valence-electron chi connectivity index (χ2n) is 4.46. The zero-order chi connectivity index (χ0) is 14.1. The highest BCUT2D eigenvalue weighted by atomic mass is 16.5. The Labute approximate surface area is 116 Å². The molecule has 0 aliphatic heterocycles. The lowest BCUT2D eigenvalue weighted by molar-refractivity contribution is 0.402.